The molecular weight excluding hydrogens is 316 g/mol. The number of guanidine groups is 1. The molecule has 0 saturated heterocycles. The number of amidine groups is 1. The summed E-state index contributed by atoms with van der Waals surface area (Å²) < 4.78 is -0.277. The van der Waals surface area contributed by atoms with Crippen molar-refractivity contribution in [2.75, 3.05) is 10.6 Å². The summed E-state index contributed by atoms with van der Waals surface area (Å²) in [6, 6.07) is 5.69. The zero-order chi connectivity index (χ0) is 16.2. The molecule has 7 nitrogen and oxygen atoms in total. The number of anilines is 2. The second kappa shape index (κ2) is 4.50. The Balaban J connectivity index is 1.63. The van der Waals surface area contributed by atoms with Crippen molar-refractivity contribution >= 4 is 47.1 Å². The molecule has 0 saturated carbocycles. The first kappa shape index (κ1) is 14.1. The van der Waals surface area contributed by atoms with E-state index in [-0.39, 0.29) is 10.0 Å². The molecule has 1 amide bonds. The van der Waals surface area contributed by atoms with Gasteiger partial charge in [0, 0.05) is 11.4 Å². The van der Waals surface area contributed by atoms with Gasteiger partial charge in [0.25, 0.3) is 11.8 Å². The van der Waals surface area contributed by atoms with Crippen molar-refractivity contribution < 1.29 is 8.91 Å². The highest BCUT2D eigenvalue weighted by molar-refractivity contribution is 6.36. The smallest absolute Gasteiger partial charge is 0.300 e. The molecule has 3 aliphatic rings. The van der Waals surface area contributed by atoms with Gasteiger partial charge in [-0.15, -0.1) is 4.99 Å². The summed E-state index contributed by atoms with van der Waals surface area (Å²) in [4.78, 5) is 20.3. The van der Waals surface area contributed by atoms with E-state index in [0.717, 1.165) is 16.9 Å². The number of carbonyl (C=O) groups excluding carboxylic acids is 1. The maximum atomic E-state index is 12.0. The van der Waals surface area contributed by atoms with Crippen LogP contribution in [0.15, 0.2) is 45.7 Å². The van der Waals surface area contributed by atoms with Gasteiger partial charge >= 0.3 is 0 Å². The summed E-state index contributed by atoms with van der Waals surface area (Å²) in [6.45, 7) is 3.80. The Hall–Kier alpha value is -2.51. The fourth-order valence-corrected chi connectivity index (χ4v) is 2.90. The molecule has 8 heteroatoms. The SMILES string of the molecule is CC1(C)C(=O)Nc2cc(NC3=N[N+]4(Cl)C=CN=CC4=N3)ccc21. The second-order valence-electron chi connectivity index (χ2n) is 6.04. The number of nitrogens with zero attached hydrogens (tertiary/aromatic N) is 4. The van der Waals surface area contributed by atoms with Gasteiger partial charge in [0.15, 0.2) is 6.20 Å². The molecule has 3 heterocycles. The maximum Gasteiger partial charge on any atom is 0.300 e. The molecule has 4 rings (SSSR count). The van der Waals surface area contributed by atoms with Crippen LogP contribution in [0.3, 0.4) is 0 Å². The molecule has 1 unspecified atom stereocenters. The summed E-state index contributed by atoms with van der Waals surface area (Å²) in [5, 5.41) is 10.3. The third kappa shape index (κ3) is 2.08. The van der Waals surface area contributed by atoms with Gasteiger partial charge in [-0.25, -0.2) is 0 Å². The van der Waals surface area contributed by atoms with Gasteiger partial charge in [-0.05, 0) is 40.8 Å². The molecule has 1 aromatic rings. The molecule has 0 spiro atoms. The largest absolute Gasteiger partial charge is 0.325 e. The number of hydrogen-bond acceptors (Lipinski definition) is 5. The lowest BCUT2D eigenvalue weighted by molar-refractivity contribution is -0.659. The van der Waals surface area contributed by atoms with Crippen LogP contribution in [0.2, 0.25) is 0 Å². The quantitative estimate of drug-likeness (QED) is 0.777. The lowest BCUT2D eigenvalue weighted by Crippen LogP contribution is -2.33. The number of halogens is 1. The average Bonchev–Trinajstić information content (AvgIpc) is 2.93. The standard InChI is InChI=1S/C15H13ClN6O/c1-15(2)10-4-3-9(7-11(10)19-13(15)23)18-14-20-12-8-17-5-6-22(12,16)21-14/h3-8H,1-2H3,(H-,18,19,21,23)/p+1. The molecule has 1 aromatic carbocycles. The normalized spacial score (nSPS) is 26.3. The summed E-state index contributed by atoms with van der Waals surface area (Å²) in [7, 11) is 0. The molecule has 0 aliphatic carbocycles. The molecule has 23 heavy (non-hydrogen) atoms. The number of hydrogen-bond donors (Lipinski definition) is 2. The van der Waals surface area contributed by atoms with Crippen molar-refractivity contribution in [1.29, 1.82) is 0 Å². The number of quaternary nitrogens is 1. The number of amides is 1. The number of fused-ring (bicyclic) bond motifs is 2. The molecular formula is C15H14ClN6O+. The zero-order valence-electron chi connectivity index (χ0n) is 12.5. The van der Waals surface area contributed by atoms with Crippen LogP contribution in [0.25, 0.3) is 0 Å². The van der Waals surface area contributed by atoms with E-state index in [1.165, 1.54) is 0 Å². The van der Waals surface area contributed by atoms with Crippen molar-refractivity contribution in [2.24, 2.45) is 15.1 Å². The Bertz CT molecular complexity index is 854. The summed E-state index contributed by atoms with van der Waals surface area (Å²) in [5.41, 5.74) is 2.02. The number of benzene rings is 1. The van der Waals surface area contributed by atoms with E-state index in [4.69, 9.17) is 11.8 Å². The molecule has 1 atom stereocenters. The van der Waals surface area contributed by atoms with Crippen molar-refractivity contribution in [1.82, 2.24) is 0 Å². The van der Waals surface area contributed by atoms with Crippen LogP contribution in [0.1, 0.15) is 19.4 Å². The highest BCUT2D eigenvalue weighted by atomic mass is 35.5. The Kier molecular flexibility index (Phi) is 2.76. The number of aliphatic imine (C=N–C) groups is 2. The van der Waals surface area contributed by atoms with Gasteiger partial charge in [0.1, 0.15) is 6.21 Å². The molecule has 116 valence electrons. The van der Waals surface area contributed by atoms with Gasteiger partial charge in [-0.1, -0.05) is 6.07 Å². The average molecular weight is 330 g/mol. The molecule has 0 radical (unpaired) electrons. The van der Waals surface area contributed by atoms with Crippen LogP contribution in [0.4, 0.5) is 11.4 Å². The topological polar surface area (TPSA) is 78.2 Å². The van der Waals surface area contributed by atoms with Crippen LogP contribution in [0, 0.1) is 0 Å². The van der Waals surface area contributed by atoms with Crippen molar-refractivity contribution in [3.05, 3.63) is 36.2 Å². The fourth-order valence-electron chi connectivity index (χ4n) is 2.70. The van der Waals surface area contributed by atoms with E-state index in [2.05, 4.69) is 25.7 Å². The van der Waals surface area contributed by atoms with Crippen molar-refractivity contribution in [3.8, 4) is 0 Å². The summed E-state index contributed by atoms with van der Waals surface area (Å²) in [5.74, 6) is 0.899. The van der Waals surface area contributed by atoms with E-state index < -0.39 is 5.41 Å². The molecule has 0 aromatic heterocycles. The van der Waals surface area contributed by atoms with Gasteiger partial charge in [0.2, 0.25) is 17.7 Å². The highest BCUT2D eigenvalue weighted by Gasteiger charge is 2.40. The molecule has 3 aliphatic heterocycles. The first-order chi connectivity index (χ1) is 10.9. The predicted molar refractivity (Wildman–Crippen MR) is 90.3 cm³/mol. The monoisotopic (exact) mass is 329 g/mol. The van der Waals surface area contributed by atoms with E-state index in [1.807, 2.05) is 32.0 Å². The van der Waals surface area contributed by atoms with E-state index in [9.17, 15) is 4.79 Å². The van der Waals surface area contributed by atoms with Crippen LogP contribution < -0.4 is 10.6 Å². The van der Waals surface area contributed by atoms with Gasteiger partial charge in [0.05, 0.1) is 11.6 Å². The van der Waals surface area contributed by atoms with Crippen molar-refractivity contribution in [2.45, 2.75) is 19.3 Å². The fraction of sp³-hybridized carbons (Fsp3) is 0.200. The second-order valence-corrected chi connectivity index (χ2v) is 6.55. The van der Waals surface area contributed by atoms with Crippen LogP contribution in [0.5, 0.6) is 0 Å². The third-order valence-corrected chi connectivity index (χ3v) is 4.45. The molecule has 0 bridgehead atoms. The van der Waals surface area contributed by atoms with Crippen molar-refractivity contribution in [3.63, 3.8) is 0 Å². The first-order valence-electron chi connectivity index (χ1n) is 7.10. The third-order valence-electron chi connectivity index (χ3n) is 4.09. The Labute approximate surface area is 137 Å². The highest BCUT2D eigenvalue weighted by Crippen LogP contribution is 2.38. The lowest BCUT2D eigenvalue weighted by atomic mass is 9.86. The Morgan fingerprint density at radius 2 is 2.17 bits per heavy atom. The molecule has 0 fully saturated rings. The van der Waals surface area contributed by atoms with E-state index >= 15 is 0 Å². The first-order valence-corrected chi connectivity index (χ1v) is 7.44. The zero-order valence-corrected chi connectivity index (χ0v) is 13.3. The number of rotatable bonds is 1. The van der Waals surface area contributed by atoms with E-state index in [0.29, 0.717) is 11.8 Å². The Morgan fingerprint density at radius 1 is 1.35 bits per heavy atom. The van der Waals surface area contributed by atoms with Crippen LogP contribution in [-0.4, -0.2) is 28.0 Å². The summed E-state index contributed by atoms with van der Waals surface area (Å²) >= 11 is 6.33. The maximum absolute atomic E-state index is 12.0. The van der Waals surface area contributed by atoms with Gasteiger partial charge in [-0.2, -0.15) is 0 Å². The summed E-state index contributed by atoms with van der Waals surface area (Å²) in [6.07, 6.45) is 4.77. The Morgan fingerprint density at radius 3 is 2.96 bits per heavy atom. The van der Waals surface area contributed by atoms with Crippen LogP contribution >= 0.6 is 11.8 Å². The van der Waals surface area contributed by atoms with Crippen LogP contribution in [-0.2, 0) is 10.2 Å². The minimum atomic E-state index is -0.522. The predicted octanol–water partition coefficient (Wildman–Crippen LogP) is 2.54. The van der Waals surface area contributed by atoms with Gasteiger partial charge < -0.3 is 10.6 Å². The van der Waals surface area contributed by atoms with Gasteiger partial charge in [-0.3, -0.25) is 9.79 Å². The number of carbonyl (C=O) groups is 1. The lowest BCUT2D eigenvalue weighted by Gasteiger charge is -2.15. The minimum absolute atomic E-state index is 0.00755. The molecule has 2 N–H and O–H groups in total. The van der Waals surface area contributed by atoms with E-state index in [1.54, 1.807) is 18.6 Å². The number of nitrogens with one attached hydrogen (secondary N) is 2. The minimum Gasteiger partial charge on any atom is -0.325 e.